The third-order valence-corrected chi connectivity index (χ3v) is 3.98. The van der Waals surface area contributed by atoms with Crippen LogP contribution < -0.4 is 10.6 Å². The van der Waals surface area contributed by atoms with Crippen LogP contribution in [0.4, 0.5) is 5.95 Å². The molecule has 2 heterocycles. The highest BCUT2D eigenvalue weighted by atomic mass is 15.4. The van der Waals surface area contributed by atoms with Gasteiger partial charge in [0.05, 0.1) is 5.52 Å². The maximum absolute atomic E-state index is 5.70. The summed E-state index contributed by atoms with van der Waals surface area (Å²) in [6.45, 7) is 7.96. The molecule has 0 radical (unpaired) electrons. The van der Waals surface area contributed by atoms with Crippen LogP contribution in [0.2, 0.25) is 0 Å². The summed E-state index contributed by atoms with van der Waals surface area (Å²) in [6, 6.07) is 7.85. The molecule has 2 aromatic rings. The summed E-state index contributed by atoms with van der Waals surface area (Å²) < 4.78 is 0. The van der Waals surface area contributed by atoms with Crippen molar-refractivity contribution in [2.45, 2.75) is 6.92 Å². The topological polar surface area (TPSA) is 71.2 Å². The Hall–Kier alpha value is -1.79. The van der Waals surface area contributed by atoms with Crippen LogP contribution in [-0.4, -0.2) is 59.3 Å². The fourth-order valence-electron chi connectivity index (χ4n) is 2.65. The normalized spacial score (nSPS) is 18.1. The molecule has 1 unspecified atom stereocenters. The molecule has 3 rings (SSSR count). The van der Waals surface area contributed by atoms with Gasteiger partial charge in [0.15, 0.2) is 0 Å². The minimum atomic E-state index is 0.551. The summed E-state index contributed by atoms with van der Waals surface area (Å²) in [4.78, 5) is 9.29. The van der Waals surface area contributed by atoms with Crippen molar-refractivity contribution in [2.24, 2.45) is 11.7 Å². The van der Waals surface area contributed by atoms with Crippen LogP contribution in [0.15, 0.2) is 24.3 Å². The molecule has 21 heavy (non-hydrogen) atoms. The van der Waals surface area contributed by atoms with Crippen molar-refractivity contribution in [3.05, 3.63) is 24.3 Å². The van der Waals surface area contributed by atoms with Crippen molar-refractivity contribution in [3.63, 3.8) is 0 Å². The fourth-order valence-corrected chi connectivity index (χ4v) is 2.65. The number of hydrogen-bond donors (Lipinski definition) is 1. The first-order valence-electron chi connectivity index (χ1n) is 7.53. The fraction of sp³-hybridized carbons (Fsp3) is 0.533. The van der Waals surface area contributed by atoms with Gasteiger partial charge in [-0.3, -0.25) is 4.90 Å². The van der Waals surface area contributed by atoms with E-state index in [1.54, 1.807) is 0 Å². The van der Waals surface area contributed by atoms with E-state index < -0.39 is 0 Å². The highest BCUT2D eigenvalue weighted by Crippen LogP contribution is 2.14. The van der Waals surface area contributed by atoms with E-state index in [2.05, 4.69) is 31.9 Å². The van der Waals surface area contributed by atoms with Gasteiger partial charge in [-0.2, -0.15) is 0 Å². The van der Waals surface area contributed by atoms with Gasteiger partial charge in [-0.1, -0.05) is 19.1 Å². The molecule has 1 fully saturated rings. The summed E-state index contributed by atoms with van der Waals surface area (Å²) in [7, 11) is 0. The SMILES string of the molecule is CC(CN)CN1CCN(c2nnc3ccccc3n2)CC1. The number of para-hydroxylation sites is 1. The lowest BCUT2D eigenvalue weighted by atomic mass is 10.1. The average Bonchev–Trinajstić information content (AvgIpc) is 2.55. The molecule has 1 aromatic heterocycles. The molecule has 1 aliphatic heterocycles. The van der Waals surface area contributed by atoms with Crippen molar-refractivity contribution < 1.29 is 0 Å². The number of anilines is 1. The quantitative estimate of drug-likeness (QED) is 0.894. The predicted octanol–water partition coefficient (Wildman–Crippen LogP) is 0.742. The summed E-state index contributed by atoms with van der Waals surface area (Å²) in [5.74, 6) is 1.29. The molecular formula is C15H22N6. The van der Waals surface area contributed by atoms with Gasteiger partial charge in [-0.05, 0) is 24.6 Å². The lowest BCUT2D eigenvalue weighted by Gasteiger charge is -2.35. The average molecular weight is 286 g/mol. The summed E-state index contributed by atoms with van der Waals surface area (Å²) in [6.07, 6.45) is 0. The van der Waals surface area contributed by atoms with E-state index in [1.165, 1.54) is 0 Å². The van der Waals surface area contributed by atoms with Crippen molar-refractivity contribution in [1.29, 1.82) is 0 Å². The maximum atomic E-state index is 5.70. The lowest BCUT2D eigenvalue weighted by molar-refractivity contribution is 0.226. The summed E-state index contributed by atoms with van der Waals surface area (Å²) in [5, 5.41) is 8.51. The summed E-state index contributed by atoms with van der Waals surface area (Å²) >= 11 is 0. The standard InChI is InChI=1S/C15H22N6/c1-12(10-16)11-20-6-8-21(9-7-20)15-17-13-4-2-3-5-14(13)18-19-15/h2-5,12H,6-11,16H2,1H3. The zero-order valence-electron chi connectivity index (χ0n) is 12.4. The van der Waals surface area contributed by atoms with E-state index in [4.69, 9.17) is 5.73 Å². The van der Waals surface area contributed by atoms with Crippen molar-refractivity contribution in [3.8, 4) is 0 Å². The van der Waals surface area contributed by atoms with Crippen molar-refractivity contribution in [2.75, 3.05) is 44.2 Å². The molecule has 1 aliphatic rings. The van der Waals surface area contributed by atoms with Gasteiger partial charge in [0.1, 0.15) is 5.52 Å². The van der Waals surface area contributed by atoms with E-state index in [-0.39, 0.29) is 0 Å². The zero-order chi connectivity index (χ0) is 14.7. The molecule has 2 N–H and O–H groups in total. The third kappa shape index (κ3) is 3.28. The van der Waals surface area contributed by atoms with E-state index in [1.807, 2.05) is 24.3 Å². The lowest BCUT2D eigenvalue weighted by Crippen LogP contribution is -2.48. The van der Waals surface area contributed by atoms with Crippen LogP contribution in [0, 0.1) is 5.92 Å². The molecule has 6 heteroatoms. The molecule has 1 atom stereocenters. The van der Waals surface area contributed by atoms with Crippen molar-refractivity contribution in [1.82, 2.24) is 20.1 Å². The monoisotopic (exact) mass is 286 g/mol. The Bertz CT molecular complexity index is 593. The zero-order valence-corrected chi connectivity index (χ0v) is 12.4. The first kappa shape index (κ1) is 14.2. The van der Waals surface area contributed by atoms with Gasteiger partial charge >= 0.3 is 0 Å². The minimum absolute atomic E-state index is 0.551. The van der Waals surface area contributed by atoms with Crippen LogP contribution in [-0.2, 0) is 0 Å². The Morgan fingerprint density at radius 3 is 2.52 bits per heavy atom. The molecule has 1 saturated heterocycles. The van der Waals surface area contributed by atoms with Crippen LogP contribution in [0.3, 0.4) is 0 Å². The first-order valence-corrected chi connectivity index (χ1v) is 7.53. The second-order valence-electron chi connectivity index (χ2n) is 5.73. The third-order valence-electron chi connectivity index (χ3n) is 3.98. The number of hydrogen-bond acceptors (Lipinski definition) is 6. The molecule has 0 aliphatic carbocycles. The summed E-state index contributed by atoms with van der Waals surface area (Å²) in [5.41, 5.74) is 7.44. The first-order chi connectivity index (χ1) is 10.3. The van der Waals surface area contributed by atoms with E-state index in [9.17, 15) is 0 Å². The molecule has 0 spiro atoms. The molecular weight excluding hydrogens is 264 g/mol. The van der Waals surface area contributed by atoms with Crippen LogP contribution in [0.25, 0.3) is 11.0 Å². The van der Waals surface area contributed by atoms with Gasteiger partial charge in [0, 0.05) is 32.7 Å². The Kier molecular flexibility index (Phi) is 4.26. The number of fused-ring (bicyclic) bond motifs is 1. The second-order valence-corrected chi connectivity index (χ2v) is 5.73. The molecule has 0 amide bonds. The van der Waals surface area contributed by atoms with Gasteiger partial charge < -0.3 is 10.6 Å². The largest absolute Gasteiger partial charge is 0.337 e. The van der Waals surface area contributed by atoms with Crippen LogP contribution in [0.5, 0.6) is 0 Å². The van der Waals surface area contributed by atoms with E-state index >= 15 is 0 Å². The Balaban J connectivity index is 1.65. The molecule has 0 saturated carbocycles. The van der Waals surface area contributed by atoms with Gasteiger partial charge in [-0.15, -0.1) is 10.2 Å². The Labute approximate surface area is 125 Å². The number of nitrogens with zero attached hydrogens (tertiary/aromatic N) is 5. The van der Waals surface area contributed by atoms with Crippen molar-refractivity contribution >= 4 is 17.0 Å². The number of benzene rings is 1. The molecule has 112 valence electrons. The number of nitrogens with two attached hydrogens (primary N) is 1. The van der Waals surface area contributed by atoms with Gasteiger partial charge in [0.25, 0.3) is 0 Å². The second kappa shape index (κ2) is 6.32. The predicted molar refractivity (Wildman–Crippen MR) is 84.2 cm³/mol. The smallest absolute Gasteiger partial charge is 0.246 e. The van der Waals surface area contributed by atoms with E-state index in [0.717, 1.165) is 56.3 Å². The van der Waals surface area contributed by atoms with Crippen LogP contribution in [0.1, 0.15) is 6.92 Å². The Morgan fingerprint density at radius 1 is 1.10 bits per heavy atom. The van der Waals surface area contributed by atoms with E-state index in [0.29, 0.717) is 5.92 Å². The highest BCUT2D eigenvalue weighted by molar-refractivity contribution is 5.74. The number of piperazine rings is 1. The van der Waals surface area contributed by atoms with Gasteiger partial charge in [-0.25, -0.2) is 4.98 Å². The molecule has 0 bridgehead atoms. The highest BCUT2D eigenvalue weighted by Gasteiger charge is 2.20. The number of rotatable bonds is 4. The number of aromatic nitrogens is 3. The van der Waals surface area contributed by atoms with Gasteiger partial charge in [0.2, 0.25) is 5.95 Å². The maximum Gasteiger partial charge on any atom is 0.246 e. The molecule has 1 aromatic carbocycles. The Morgan fingerprint density at radius 2 is 1.81 bits per heavy atom. The molecule has 6 nitrogen and oxygen atoms in total. The van der Waals surface area contributed by atoms with Crippen LogP contribution >= 0.6 is 0 Å². The minimum Gasteiger partial charge on any atom is -0.337 e.